The van der Waals surface area contributed by atoms with E-state index in [2.05, 4.69) is 27.0 Å². The number of pyridine rings is 2. The number of halogens is 3. The monoisotopic (exact) mass is 428 g/mol. The van der Waals surface area contributed by atoms with Crippen LogP contribution in [-0.4, -0.2) is 58.4 Å². The molecule has 8 heteroatoms. The highest BCUT2D eigenvalue weighted by molar-refractivity contribution is 5.98. The van der Waals surface area contributed by atoms with Crippen molar-refractivity contribution in [3.63, 3.8) is 0 Å². The first-order valence-corrected chi connectivity index (χ1v) is 10.3. The van der Waals surface area contributed by atoms with Gasteiger partial charge in [-0.1, -0.05) is 30.3 Å². The number of fused-ring (bicyclic) bond motifs is 1. The Morgan fingerprint density at radius 2 is 1.84 bits per heavy atom. The summed E-state index contributed by atoms with van der Waals surface area (Å²) < 4.78 is 41.0. The van der Waals surface area contributed by atoms with Crippen molar-refractivity contribution in [3.8, 4) is 0 Å². The third-order valence-corrected chi connectivity index (χ3v) is 5.55. The van der Waals surface area contributed by atoms with Gasteiger partial charge in [0.1, 0.15) is 0 Å². The summed E-state index contributed by atoms with van der Waals surface area (Å²) in [4.78, 5) is 24.5. The SMILES string of the molecule is O=C(c1cc2cnccc2nc1C(F)(F)F)N1CCCN(CCc2ccccc2)CC1. The minimum Gasteiger partial charge on any atom is -0.337 e. The third kappa shape index (κ3) is 5.02. The van der Waals surface area contributed by atoms with E-state index in [1.165, 1.54) is 35.0 Å². The van der Waals surface area contributed by atoms with Crippen molar-refractivity contribution < 1.29 is 18.0 Å². The smallest absolute Gasteiger partial charge is 0.337 e. The van der Waals surface area contributed by atoms with Crippen LogP contribution in [0.3, 0.4) is 0 Å². The Hall–Kier alpha value is -3.00. The van der Waals surface area contributed by atoms with Gasteiger partial charge in [0, 0.05) is 44.0 Å². The van der Waals surface area contributed by atoms with Crippen LogP contribution in [-0.2, 0) is 12.6 Å². The minimum atomic E-state index is -4.71. The molecular formula is C23H23F3N4O. The summed E-state index contributed by atoms with van der Waals surface area (Å²) in [6, 6.07) is 12.8. The first-order chi connectivity index (χ1) is 14.9. The van der Waals surface area contributed by atoms with E-state index in [0.29, 0.717) is 31.4 Å². The second-order valence-electron chi connectivity index (χ2n) is 7.67. The standard InChI is InChI=1S/C23H23F3N4O/c24-23(25,26)21-19(15-18-16-27-9-7-20(18)28-21)22(31)30-11-4-10-29(13-14-30)12-8-17-5-2-1-3-6-17/h1-3,5-7,9,15-16H,4,8,10-14H2. The Labute approximate surface area is 178 Å². The first kappa shape index (κ1) is 21.2. The fourth-order valence-corrected chi connectivity index (χ4v) is 3.90. The van der Waals surface area contributed by atoms with Gasteiger partial charge in [-0.2, -0.15) is 13.2 Å². The molecule has 0 radical (unpaired) electrons. The summed E-state index contributed by atoms with van der Waals surface area (Å²) in [7, 11) is 0. The Kier molecular flexibility index (Phi) is 6.18. The molecule has 2 aromatic heterocycles. The molecule has 3 aromatic rings. The Bertz CT molecular complexity index is 1060. The highest BCUT2D eigenvalue weighted by atomic mass is 19.4. The number of rotatable bonds is 4. The normalized spacial score (nSPS) is 15.8. The number of benzene rings is 1. The molecule has 3 heterocycles. The zero-order valence-corrected chi connectivity index (χ0v) is 17.0. The molecule has 5 nitrogen and oxygen atoms in total. The summed E-state index contributed by atoms with van der Waals surface area (Å²) in [5, 5.41) is 0.415. The number of amides is 1. The van der Waals surface area contributed by atoms with Gasteiger partial charge >= 0.3 is 6.18 Å². The van der Waals surface area contributed by atoms with E-state index in [9.17, 15) is 18.0 Å². The van der Waals surface area contributed by atoms with Crippen molar-refractivity contribution in [1.82, 2.24) is 19.8 Å². The molecule has 1 saturated heterocycles. The molecule has 0 spiro atoms. The van der Waals surface area contributed by atoms with E-state index < -0.39 is 23.3 Å². The summed E-state index contributed by atoms with van der Waals surface area (Å²) in [5.74, 6) is -0.629. The predicted molar refractivity (Wildman–Crippen MR) is 112 cm³/mol. The van der Waals surface area contributed by atoms with Crippen LogP contribution in [0, 0.1) is 0 Å². The van der Waals surface area contributed by atoms with Gasteiger partial charge < -0.3 is 9.80 Å². The molecule has 0 aliphatic carbocycles. The molecular weight excluding hydrogens is 405 g/mol. The zero-order valence-electron chi connectivity index (χ0n) is 17.0. The fourth-order valence-electron chi connectivity index (χ4n) is 3.90. The van der Waals surface area contributed by atoms with Gasteiger partial charge in [0.05, 0.1) is 11.1 Å². The van der Waals surface area contributed by atoms with Crippen LogP contribution >= 0.6 is 0 Å². The van der Waals surface area contributed by atoms with Crippen molar-refractivity contribution in [2.75, 3.05) is 32.7 Å². The molecule has 1 amide bonds. The van der Waals surface area contributed by atoms with Crippen molar-refractivity contribution in [2.45, 2.75) is 19.0 Å². The largest absolute Gasteiger partial charge is 0.434 e. The van der Waals surface area contributed by atoms with Crippen LogP contribution in [0.4, 0.5) is 13.2 Å². The van der Waals surface area contributed by atoms with Crippen molar-refractivity contribution >= 4 is 16.8 Å². The second-order valence-corrected chi connectivity index (χ2v) is 7.67. The molecule has 0 unspecified atom stereocenters. The molecule has 1 aliphatic heterocycles. The molecule has 0 saturated carbocycles. The molecule has 0 N–H and O–H groups in total. The molecule has 1 aromatic carbocycles. The van der Waals surface area contributed by atoms with E-state index in [4.69, 9.17) is 0 Å². The van der Waals surface area contributed by atoms with Crippen molar-refractivity contribution in [1.29, 1.82) is 0 Å². The number of nitrogens with zero attached hydrogens (tertiary/aromatic N) is 4. The molecule has 1 aliphatic rings. The third-order valence-electron chi connectivity index (χ3n) is 5.55. The van der Waals surface area contributed by atoms with E-state index in [1.807, 2.05) is 18.2 Å². The van der Waals surface area contributed by atoms with Gasteiger partial charge in [-0.15, -0.1) is 0 Å². The molecule has 0 atom stereocenters. The van der Waals surface area contributed by atoms with E-state index in [-0.39, 0.29) is 5.52 Å². The van der Waals surface area contributed by atoms with Crippen LogP contribution in [0.5, 0.6) is 0 Å². The fraction of sp³-hybridized carbons (Fsp3) is 0.348. The number of carbonyl (C=O) groups is 1. The number of aromatic nitrogens is 2. The maximum Gasteiger partial charge on any atom is 0.434 e. The highest BCUT2D eigenvalue weighted by Gasteiger charge is 2.38. The van der Waals surface area contributed by atoms with Crippen molar-refractivity contribution in [2.24, 2.45) is 0 Å². The summed E-state index contributed by atoms with van der Waals surface area (Å²) >= 11 is 0. The lowest BCUT2D eigenvalue weighted by molar-refractivity contribution is -0.141. The molecule has 31 heavy (non-hydrogen) atoms. The van der Waals surface area contributed by atoms with Crippen LogP contribution in [0.25, 0.3) is 10.9 Å². The van der Waals surface area contributed by atoms with Gasteiger partial charge in [0.25, 0.3) is 5.91 Å². The average Bonchev–Trinajstić information content (AvgIpc) is 3.02. The molecule has 4 rings (SSSR count). The number of hydrogen-bond acceptors (Lipinski definition) is 4. The van der Waals surface area contributed by atoms with E-state index in [0.717, 1.165) is 19.5 Å². The summed E-state index contributed by atoms with van der Waals surface area (Å²) in [6.07, 6.45) is -0.294. The maximum absolute atomic E-state index is 13.7. The first-order valence-electron chi connectivity index (χ1n) is 10.3. The highest BCUT2D eigenvalue weighted by Crippen LogP contribution is 2.33. The summed E-state index contributed by atoms with van der Waals surface area (Å²) in [5.41, 5.74) is -0.140. The van der Waals surface area contributed by atoms with E-state index in [1.54, 1.807) is 0 Å². The molecule has 162 valence electrons. The molecule has 1 fully saturated rings. The van der Waals surface area contributed by atoms with Crippen molar-refractivity contribution in [3.05, 3.63) is 71.7 Å². The van der Waals surface area contributed by atoms with Crippen LogP contribution in [0.15, 0.2) is 54.9 Å². The lowest BCUT2D eigenvalue weighted by atomic mass is 10.1. The molecule has 0 bridgehead atoms. The minimum absolute atomic E-state index is 0.168. The van der Waals surface area contributed by atoms with Gasteiger partial charge in [0.2, 0.25) is 0 Å². The predicted octanol–water partition coefficient (Wildman–Crippen LogP) is 4.04. The van der Waals surface area contributed by atoms with E-state index >= 15 is 0 Å². The summed E-state index contributed by atoms with van der Waals surface area (Å²) in [6.45, 7) is 3.09. The number of alkyl halides is 3. The average molecular weight is 428 g/mol. The van der Waals surface area contributed by atoms with Crippen LogP contribution in [0.1, 0.15) is 28.0 Å². The van der Waals surface area contributed by atoms with Gasteiger partial charge in [-0.3, -0.25) is 9.78 Å². The Morgan fingerprint density at radius 3 is 2.61 bits per heavy atom. The quantitative estimate of drug-likeness (QED) is 0.630. The van der Waals surface area contributed by atoms with Crippen LogP contribution < -0.4 is 0 Å². The lowest BCUT2D eigenvalue weighted by Gasteiger charge is -2.23. The number of carbonyl (C=O) groups excluding carboxylic acids is 1. The Balaban J connectivity index is 1.50. The maximum atomic E-state index is 13.7. The number of hydrogen-bond donors (Lipinski definition) is 0. The second kappa shape index (κ2) is 9.01. The van der Waals surface area contributed by atoms with Gasteiger partial charge in [-0.05, 0) is 37.1 Å². The zero-order chi connectivity index (χ0) is 21.8. The Morgan fingerprint density at radius 1 is 1.03 bits per heavy atom. The van der Waals surface area contributed by atoms with Crippen LogP contribution in [0.2, 0.25) is 0 Å². The van der Waals surface area contributed by atoms with Gasteiger partial charge in [0.15, 0.2) is 5.69 Å². The van der Waals surface area contributed by atoms with Gasteiger partial charge in [-0.25, -0.2) is 4.98 Å². The topological polar surface area (TPSA) is 49.3 Å². The lowest BCUT2D eigenvalue weighted by Crippen LogP contribution is -2.36.